The molecule has 112 valence electrons. The van der Waals surface area contributed by atoms with Crippen molar-refractivity contribution in [2.45, 2.75) is 27.4 Å². The molecule has 0 aliphatic heterocycles. The van der Waals surface area contributed by atoms with Gasteiger partial charge in [-0.2, -0.15) is 8.78 Å². The zero-order valence-electron chi connectivity index (χ0n) is 11.9. The lowest BCUT2D eigenvalue weighted by Gasteiger charge is -2.11. The highest BCUT2D eigenvalue weighted by Gasteiger charge is 2.09. The fourth-order valence-corrected chi connectivity index (χ4v) is 2.09. The molecule has 0 amide bonds. The number of benzene rings is 1. The van der Waals surface area contributed by atoms with Gasteiger partial charge in [0.25, 0.3) is 0 Å². The van der Waals surface area contributed by atoms with Crippen LogP contribution < -0.4 is 10.1 Å². The van der Waals surface area contributed by atoms with E-state index >= 15 is 0 Å². The normalized spacial score (nSPS) is 12.3. The minimum absolute atomic E-state index is 0.186. The Balaban J connectivity index is 2.80. The quantitative estimate of drug-likeness (QED) is 0.771. The van der Waals surface area contributed by atoms with Crippen LogP contribution in [0.15, 0.2) is 28.2 Å². The van der Waals surface area contributed by atoms with E-state index in [1.54, 1.807) is 12.1 Å². The average molecular weight is 348 g/mol. The van der Waals surface area contributed by atoms with E-state index in [1.165, 1.54) is 6.07 Å². The highest BCUT2D eigenvalue weighted by molar-refractivity contribution is 9.10. The summed E-state index contributed by atoms with van der Waals surface area (Å²) in [7, 11) is 0. The summed E-state index contributed by atoms with van der Waals surface area (Å²) in [5, 5.41) is 3.31. The number of nitrogens with one attached hydrogen (secondary N) is 1. The van der Waals surface area contributed by atoms with Crippen molar-refractivity contribution in [2.75, 3.05) is 13.1 Å². The topological polar surface area (TPSA) is 21.3 Å². The SMILES string of the molecule is CC(=Cc1cc(Br)ccc1OC(F)F)CNCC(C)C. The second-order valence-electron chi connectivity index (χ2n) is 5.08. The Morgan fingerprint density at radius 2 is 2.10 bits per heavy atom. The molecule has 0 fully saturated rings. The van der Waals surface area contributed by atoms with Crippen LogP contribution in [0.4, 0.5) is 8.78 Å². The van der Waals surface area contributed by atoms with Gasteiger partial charge in [0.2, 0.25) is 0 Å². The van der Waals surface area contributed by atoms with Gasteiger partial charge >= 0.3 is 6.61 Å². The van der Waals surface area contributed by atoms with Crippen LogP contribution >= 0.6 is 15.9 Å². The maximum atomic E-state index is 12.4. The number of rotatable bonds is 7. The first-order valence-electron chi connectivity index (χ1n) is 6.50. The van der Waals surface area contributed by atoms with Crippen molar-refractivity contribution in [3.05, 3.63) is 33.8 Å². The lowest BCUT2D eigenvalue weighted by Crippen LogP contribution is -2.21. The first-order valence-corrected chi connectivity index (χ1v) is 7.30. The first kappa shape index (κ1) is 17.1. The third-order valence-corrected chi connectivity index (χ3v) is 3.04. The number of alkyl halides is 2. The molecule has 0 aliphatic carbocycles. The zero-order valence-corrected chi connectivity index (χ0v) is 13.5. The second-order valence-corrected chi connectivity index (χ2v) is 5.99. The zero-order chi connectivity index (χ0) is 15.1. The molecule has 0 radical (unpaired) electrons. The van der Waals surface area contributed by atoms with E-state index < -0.39 is 6.61 Å². The van der Waals surface area contributed by atoms with Crippen LogP contribution in [-0.4, -0.2) is 19.7 Å². The van der Waals surface area contributed by atoms with Crippen LogP contribution in [-0.2, 0) is 0 Å². The van der Waals surface area contributed by atoms with Gasteiger partial charge in [-0.05, 0) is 37.6 Å². The number of hydrogen-bond donors (Lipinski definition) is 1. The maximum Gasteiger partial charge on any atom is 0.387 e. The maximum absolute atomic E-state index is 12.4. The molecule has 1 aromatic rings. The minimum atomic E-state index is -2.82. The molecule has 1 aromatic carbocycles. The molecule has 0 heterocycles. The molecular formula is C15H20BrF2NO. The minimum Gasteiger partial charge on any atom is -0.434 e. The van der Waals surface area contributed by atoms with Crippen molar-refractivity contribution in [3.63, 3.8) is 0 Å². The Labute approximate surface area is 127 Å². The molecule has 0 atom stereocenters. The van der Waals surface area contributed by atoms with Crippen molar-refractivity contribution in [1.82, 2.24) is 5.32 Å². The van der Waals surface area contributed by atoms with Crippen LogP contribution in [0.1, 0.15) is 26.3 Å². The van der Waals surface area contributed by atoms with E-state index in [4.69, 9.17) is 0 Å². The Bertz CT molecular complexity index is 461. The molecule has 0 saturated carbocycles. The van der Waals surface area contributed by atoms with Crippen molar-refractivity contribution < 1.29 is 13.5 Å². The third kappa shape index (κ3) is 6.48. The van der Waals surface area contributed by atoms with Crippen LogP contribution in [0.2, 0.25) is 0 Å². The molecule has 1 rings (SSSR count). The van der Waals surface area contributed by atoms with E-state index in [-0.39, 0.29) is 5.75 Å². The van der Waals surface area contributed by atoms with Gasteiger partial charge in [0.1, 0.15) is 5.75 Å². The van der Waals surface area contributed by atoms with Crippen LogP contribution in [0.25, 0.3) is 6.08 Å². The van der Waals surface area contributed by atoms with Crippen molar-refractivity contribution in [3.8, 4) is 5.75 Å². The summed E-state index contributed by atoms with van der Waals surface area (Å²) in [6.07, 6.45) is 1.86. The van der Waals surface area contributed by atoms with Crippen LogP contribution in [0.5, 0.6) is 5.75 Å². The smallest absolute Gasteiger partial charge is 0.387 e. The lowest BCUT2D eigenvalue weighted by molar-refractivity contribution is -0.0500. The summed E-state index contributed by atoms with van der Waals surface area (Å²) in [5.74, 6) is 0.762. The van der Waals surface area contributed by atoms with Gasteiger partial charge in [0.05, 0.1) is 0 Å². The molecule has 20 heavy (non-hydrogen) atoms. The highest BCUT2D eigenvalue weighted by Crippen LogP contribution is 2.26. The Morgan fingerprint density at radius 1 is 1.40 bits per heavy atom. The highest BCUT2D eigenvalue weighted by atomic mass is 79.9. The van der Waals surface area contributed by atoms with Gasteiger partial charge in [-0.1, -0.05) is 41.4 Å². The fourth-order valence-electron chi connectivity index (χ4n) is 1.71. The van der Waals surface area contributed by atoms with Gasteiger partial charge < -0.3 is 10.1 Å². The Hall–Kier alpha value is -0.940. The fraction of sp³-hybridized carbons (Fsp3) is 0.467. The standard InChI is InChI=1S/C15H20BrF2NO/c1-10(2)8-19-9-11(3)6-12-7-13(16)4-5-14(12)20-15(17)18/h4-7,10,15,19H,8-9H2,1-3H3. The molecule has 1 N–H and O–H groups in total. The van der Waals surface area contributed by atoms with Gasteiger partial charge in [0.15, 0.2) is 0 Å². The third-order valence-electron chi connectivity index (χ3n) is 2.55. The molecule has 5 heteroatoms. The molecule has 2 nitrogen and oxygen atoms in total. The van der Waals surface area contributed by atoms with Gasteiger partial charge in [-0.3, -0.25) is 0 Å². The van der Waals surface area contributed by atoms with Crippen molar-refractivity contribution in [1.29, 1.82) is 0 Å². The predicted octanol–water partition coefficient (Wildman–Crippen LogP) is 4.70. The molecule has 0 saturated heterocycles. The van der Waals surface area contributed by atoms with E-state index in [0.717, 1.165) is 23.1 Å². The molecule has 0 unspecified atom stereocenters. The van der Waals surface area contributed by atoms with Gasteiger partial charge in [0, 0.05) is 16.6 Å². The Kier molecular flexibility index (Phi) is 7.16. The first-order chi connectivity index (χ1) is 9.38. The van der Waals surface area contributed by atoms with Crippen LogP contribution in [0.3, 0.4) is 0 Å². The lowest BCUT2D eigenvalue weighted by atomic mass is 10.1. The van der Waals surface area contributed by atoms with Gasteiger partial charge in [-0.25, -0.2) is 0 Å². The summed E-state index contributed by atoms with van der Waals surface area (Å²) in [6.45, 7) is 5.05. The van der Waals surface area contributed by atoms with E-state index in [2.05, 4.69) is 39.8 Å². The molecule has 0 aromatic heterocycles. The monoisotopic (exact) mass is 347 g/mol. The molecular weight excluding hydrogens is 328 g/mol. The molecule has 0 aliphatic rings. The Morgan fingerprint density at radius 3 is 2.70 bits per heavy atom. The second kappa shape index (κ2) is 8.37. The van der Waals surface area contributed by atoms with Crippen LogP contribution in [0, 0.1) is 5.92 Å². The number of hydrogen-bond acceptors (Lipinski definition) is 2. The predicted molar refractivity (Wildman–Crippen MR) is 82.1 cm³/mol. The van der Waals surface area contributed by atoms with Crippen molar-refractivity contribution >= 4 is 22.0 Å². The summed E-state index contributed by atoms with van der Waals surface area (Å²) < 4.78 is 30.1. The average Bonchev–Trinajstić information content (AvgIpc) is 2.31. The van der Waals surface area contributed by atoms with Gasteiger partial charge in [-0.15, -0.1) is 0 Å². The summed E-state index contributed by atoms with van der Waals surface area (Å²) >= 11 is 3.34. The van der Waals surface area contributed by atoms with E-state index in [0.29, 0.717) is 11.5 Å². The number of halogens is 3. The van der Waals surface area contributed by atoms with Crippen molar-refractivity contribution in [2.24, 2.45) is 5.92 Å². The summed E-state index contributed by atoms with van der Waals surface area (Å²) in [6, 6.07) is 4.99. The largest absolute Gasteiger partial charge is 0.434 e. The van der Waals surface area contributed by atoms with E-state index in [1.807, 2.05) is 13.0 Å². The molecule has 0 spiro atoms. The summed E-state index contributed by atoms with van der Waals surface area (Å²) in [5.41, 5.74) is 1.70. The molecule has 0 bridgehead atoms. The summed E-state index contributed by atoms with van der Waals surface area (Å²) in [4.78, 5) is 0. The number of ether oxygens (including phenoxy) is 1. The van der Waals surface area contributed by atoms with E-state index in [9.17, 15) is 8.78 Å².